The maximum Gasteiger partial charge on any atom is 0.320 e. The van der Waals surface area contributed by atoms with Crippen molar-refractivity contribution in [2.24, 2.45) is 0 Å². The largest absolute Gasteiger partial charge is 0.480 e. The van der Waals surface area contributed by atoms with Crippen molar-refractivity contribution in [3.63, 3.8) is 0 Å². The van der Waals surface area contributed by atoms with E-state index in [1.807, 2.05) is 0 Å². The highest BCUT2D eigenvalue weighted by atomic mass is 16.4. The summed E-state index contributed by atoms with van der Waals surface area (Å²) in [5.74, 6) is -0.768. The van der Waals surface area contributed by atoms with Crippen LogP contribution in [0.5, 0.6) is 0 Å². The molecule has 0 saturated carbocycles. The molecule has 3 heteroatoms. The van der Waals surface area contributed by atoms with E-state index in [0.717, 1.165) is 13.0 Å². The lowest BCUT2D eigenvalue weighted by Gasteiger charge is -2.08. The van der Waals surface area contributed by atoms with Gasteiger partial charge in [0.25, 0.3) is 0 Å². The van der Waals surface area contributed by atoms with Crippen LogP contribution in [0.3, 0.4) is 0 Å². The quantitative estimate of drug-likeness (QED) is 0.563. The van der Waals surface area contributed by atoms with Gasteiger partial charge in [0.05, 0.1) is 0 Å². The Bertz CT molecular complexity index is 148. The first kappa shape index (κ1) is 13.4. The van der Waals surface area contributed by atoms with Crippen molar-refractivity contribution in [2.45, 2.75) is 58.4 Å². The second-order valence-electron chi connectivity index (χ2n) is 3.78. The van der Waals surface area contributed by atoms with E-state index in [2.05, 4.69) is 12.2 Å². The van der Waals surface area contributed by atoms with E-state index in [1.54, 1.807) is 6.92 Å². The van der Waals surface area contributed by atoms with Crippen molar-refractivity contribution in [2.75, 3.05) is 6.54 Å². The van der Waals surface area contributed by atoms with E-state index in [0.29, 0.717) is 0 Å². The van der Waals surface area contributed by atoms with Crippen molar-refractivity contribution >= 4 is 5.97 Å². The third-order valence-electron chi connectivity index (χ3n) is 2.35. The molecule has 0 spiro atoms. The van der Waals surface area contributed by atoms with Gasteiger partial charge in [-0.25, -0.2) is 0 Å². The highest BCUT2D eigenvalue weighted by molar-refractivity contribution is 5.72. The van der Waals surface area contributed by atoms with Crippen LogP contribution in [0.25, 0.3) is 0 Å². The molecule has 2 N–H and O–H groups in total. The average molecular weight is 201 g/mol. The van der Waals surface area contributed by atoms with Crippen molar-refractivity contribution in [3.8, 4) is 0 Å². The molecule has 0 saturated heterocycles. The summed E-state index contributed by atoms with van der Waals surface area (Å²) in [5.41, 5.74) is 0. The molecule has 14 heavy (non-hydrogen) atoms. The normalized spacial score (nSPS) is 12.7. The first-order valence-electron chi connectivity index (χ1n) is 5.64. The number of rotatable bonds is 9. The molecule has 0 heterocycles. The van der Waals surface area contributed by atoms with Gasteiger partial charge in [-0.2, -0.15) is 0 Å². The van der Waals surface area contributed by atoms with Gasteiger partial charge in [-0.15, -0.1) is 0 Å². The molecule has 0 aliphatic rings. The molecular weight excluding hydrogens is 178 g/mol. The first-order valence-corrected chi connectivity index (χ1v) is 5.64. The van der Waals surface area contributed by atoms with Crippen LogP contribution >= 0.6 is 0 Å². The molecule has 0 amide bonds. The Morgan fingerprint density at radius 2 is 1.79 bits per heavy atom. The van der Waals surface area contributed by atoms with Gasteiger partial charge in [0.1, 0.15) is 6.04 Å². The lowest BCUT2D eigenvalue weighted by molar-refractivity contribution is -0.138. The summed E-state index contributed by atoms with van der Waals surface area (Å²) >= 11 is 0. The van der Waals surface area contributed by atoms with Gasteiger partial charge in [0, 0.05) is 0 Å². The molecule has 0 rings (SSSR count). The maximum atomic E-state index is 10.4. The molecular formula is C11H23NO2. The van der Waals surface area contributed by atoms with E-state index in [-0.39, 0.29) is 0 Å². The minimum atomic E-state index is -0.768. The summed E-state index contributed by atoms with van der Waals surface area (Å²) in [6.45, 7) is 4.70. The molecule has 0 radical (unpaired) electrons. The van der Waals surface area contributed by atoms with Gasteiger partial charge >= 0.3 is 5.97 Å². The molecule has 0 aromatic carbocycles. The minimum Gasteiger partial charge on any atom is -0.480 e. The molecule has 0 unspecified atom stereocenters. The fourth-order valence-corrected chi connectivity index (χ4v) is 1.31. The van der Waals surface area contributed by atoms with Crippen LogP contribution in [-0.4, -0.2) is 23.7 Å². The van der Waals surface area contributed by atoms with Crippen molar-refractivity contribution < 1.29 is 9.90 Å². The summed E-state index contributed by atoms with van der Waals surface area (Å²) in [6.07, 6.45) is 7.47. The third kappa shape index (κ3) is 8.05. The fraction of sp³-hybridized carbons (Fsp3) is 0.909. The number of carboxylic acids is 1. The van der Waals surface area contributed by atoms with Gasteiger partial charge < -0.3 is 10.4 Å². The first-order chi connectivity index (χ1) is 6.68. The molecule has 0 aromatic rings. The molecule has 84 valence electrons. The Morgan fingerprint density at radius 3 is 2.36 bits per heavy atom. The van der Waals surface area contributed by atoms with E-state index in [1.165, 1.54) is 32.1 Å². The van der Waals surface area contributed by atoms with Crippen molar-refractivity contribution in [1.29, 1.82) is 0 Å². The number of carbonyl (C=O) groups is 1. The Labute approximate surface area is 86.9 Å². The minimum absolute atomic E-state index is 0.411. The molecule has 3 nitrogen and oxygen atoms in total. The predicted octanol–water partition coefficient (Wildman–Crippen LogP) is 2.41. The van der Waals surface area contributed by atoms with Gasteiger partial charge in [-0.1, -0.05) is 39.0 Å². The summed E-state index contributed by atoms with van der Waals surface area (Å²) in [4.78, 5) is 10.4. The summed E-state index contributed by atoms with van der Waals surface area (Å²) < 4.78 is 0. The average Bonchev–Trinajstić information content (AvgIpc) is 2.16. The third-order valence-corrected chi connectivity index (χ3v) is 2.35. The molecule has 0 fully saturated rings. The van der Waals surface area contributed by atoms with E-state index < -0.39 is 12.0 Å². The van der Waals surface area contributed by atoms with E-state index >= 15 is 0 Å². The molecule has 0 aromatic heterocycles. The Kier molecular flexibility index (Phi) is 8.64. The summed E-state index contributed by atoms with van der Waals surface area (Å²) in [6, 6.07) is -0.411. The fourth-order valence-electron chi connectivity index (χ4n) is 1.31. The van der Waals surface area contributed by atoms with Crippen molar-refractivity contribution in [1.82, 2.24) is 5.32 Å². The van der Waals surface area contributed by atoms with E-state index in [4.69, 9.17) is 5.11 Å². The van der Waals surface area contributed by atoms with Gasteiger partial charge in [-0.3, -0.25) is 4.79 Å². The SMILES string of the molecule is CCCCCCCCN[C@@H](C)C(=O)O. The summed E-state index contributed by atoms with van der Waals surface area (Å²) in [7, 11) is 0. The highest BCUT2D eigenvalue weighted by Gasteiger charge is 2.07. The smallest absolute Gasteiger partial charge is 0.320 e. The van der Waals surface area contributed by atoms with Gasteiger partial charge in [-0.05, 0) is 19.9 Å². The number of unbranched alkanes of at least 4 members (excludes halogenated alkanes) is 5. The van der Waals surface area contributed by atoms with Crippen LogP contribution in [0, 0.1) is 0 Å². The van der Waals surface area contributed by atoms with Gasteiger partial charge in [0.2, 0.25) is 0 Å². The number of aliphatic carboxylic acids is 1. The Hall–Kier alpha value is -0.570. The standard InChI is InChI=1S/C11H23NO2/c1-3-4-5-6-7-8-9-12-10(2)11(13)14/h10,12H,3-9H2,1-2H3,(H,13,14)/t10-/m0/s1. The highest BCUT2D eigenvalue weighted by Crippen LogP contribution is 2.04. The Morgan fingerprint density at radius 1 is 1.21 bits per heavy atom. The summed E-state index contributed by atoms with van der Waals surface area (Å²) in [5, 5.41) is 11.6. The maximum absolute atomic E-state index is 10.4. The van der Waals surface area contributed by atoms with Crippen LogP contribution in [0.2, 0.25) is 0 Å². The van der Waals surface area contributed by atoms with Crippen LogP contribution in [0.4, 0.5) is 0 Å². The van der Waals surface area contributed by atoms with Crippen LogP contribution < -0.4 is 5.32 Å². The second-order valence-corrected chi connectivity index (χ2v) is 3.78. The zero-order chi connectivity index (χ0) is 10.8. The molecule has 0 bridgehead atoms. The zero-order valence-corrected chi connectivity index (χ0v) is 9.38. The Balaban J connectivity index is 3.09. The topological polar surface area (TPSA) is 49.3 Å². The molecule has 1 atom stereocenters. The molecule has 0 aliphatic heterocycles. The van der Waals surface area contributed by atoms with Gasteiger partial charge in [0.15, 0.2) is 0 Å². The lowest BCUT2D eigenvalue weighted by Crippen LogP contribution is -2.34. The van der Waals surface area contributed by atoms with Crippen LogP contribution in [0.15, 0.2) is 0 Å². The van der Waals surface area contributed by atoms with Crippen molar-refractivity contribution in [3.05, 3.63) is 0 Å². The number of nitrogens with one attached hydrogen (secondary N) is 1. The predicted molar refractivity (Wildman–Crippen MR) is 58.5 cm³/mol. The monoisotopic (exact) mass is 201 g/mol. The second kappa shape index (κ2) is 9.00. The number of hydrogen-bond donors (Lipinski definition) is 2. The van der Waals surface area contributed by atoms with Crippen LogP contribution in [-0.2, 0) is 4.79 Å². The zero-order valence-electron chi connectivity index (χ0n) is 9.38. The van der Waals surface area contributed by atoms with E-state index in [9.17, 15) is 4.79 Å². The number of carboxylic acid groups (broad SMARTS) is 1. The molecule has 0 aliphatic carbocycles. The lowest BCUT2D eigenvalue weighted by atomic mass is 10.1. The van der Waals surface area contributed by atoms with Crippen LogP contribution in [0.1, 0.15) is 52.4 Å². The number of hydrogen-bond acceptors (Lipinski definition) is 2.